The first-order valence-electron chi connectivity index (χ1n) is 10.3. The Morgan fingerprint density at radius 3 is 2.76 bits per heavy atom. The Balaban J connectivity index is 1.59. The maximum Gasteiger partial charge on any atom is 0.263 e. The van der Waals surface area contributed by atoms with Gasteiger partial charge >= 0.3 is 0 Å². The van der Waals surface area contributed by atoms with Gasteiger partial charge in [-0.15, -0.1) is 11.3 Å². The molecular weight excluding hydrogens is 382 g/mol. The van der Waals surface area contributed by atoms with Crippen molar-refractivity contribution in [2.45, 2.75) is 52.6 Å². The first-order valence-corrected chi connectivity index (χ1v) is 11.1. The van der Waals surface area contributed by atoms with Crippen LogP contribution in [0, 0.1) is 18.8 Å². The molecule has 1 amide bonds. The molecule has 1 aliphatic carbocycles. The number of amides is 1. The zero-order valence-electron chi connectivity index (χ0n) is 17.1. The summed E-state index contributed by atoms with van der Waals surface area (Å²) >= 11 is 1.46. The fourth-order valence-electron chi connectivity index (χ4n) is 4.22. The van der Waals surface area contributed by atoms with E-state index in [2.05, 4.69) is 24.1 Å². The normalized spacial score (nSPS) is 22.0. The number of aromatic nitrogens is 2. The van der Waals surface area contributed by atoms with Crippen LogP contribution in [0.1, 0.15) is 38.7 Å². The van der Waals surface area contributed by atoms with Crippen molar-refractivity contribution in [3.8, 4) is 11.1 Å². The Hall–Kier alpha value is -2.47. The molecule has 1 aromatic carbocycles. The average Bonchev–Trinajstić information content (AvgIpc) is 3.13. The van der Waals surface area contributed by atoms with Crippen molar-refractivity contribution in [2.24, 2.45) is 11.8 Å². The first-order chi connectivity index (χ1) is 13.9. The highest BCUT2D eigenvalue weighted by Crippen LogP contribution is 2.31. The third-order valence-corrected chi connectivity index (χ3v) is 7.18. The van der Waals surface area contributed by atoms with E-state index in [0.29, 0.717) is 22.1 Å². The number of hydrogen-bond donors (Lipinski definition) is 1. The smallest absolute Gasteiger partial charge is 0.263 e. The highest BCUT2D eigenvalue weighted by atomic mass is 32.1. The van der Waals surface area contributed by atoms with Crippen molar-refractivity contribution >= 4 is 27.5 Å². The van der Waals surface area contributed by atoms with Gasteiger partial charge in [0.15, 0.2) is 0 Å². The number of thiophene rings is 1. The molecule has 1 aliphatic rings. The number of benzene rings is 1. The van der Waals surface area contributed by atoms with Gasteiger partial charge in [0, 0.05) is 17.0 Å². The average molecular weight is 410 g/mol. The molecule has 29 heavy (non-hydrogen) atoms. The van der Waals surface area contributed by atoms with Crippen LogP contribution in [0.4, 0.5) is 0 Å². The van der Waals surface area contributed by atoms with E-state index in [9.17, 15) is 9.59 Å². The molecule has 3 aromatic rings. The van der Waals surface area contributed by atoms with Crippen molar-refractivity contribution in [1.29, 1.82) is 0 Å². The van der Waals surface area contributed by atoms with E-state index in [-0.39, 0.29) is 24.1 Å². The monoisotopic (exact) mass is 409 g/mol. The lowest BCUT2D eigenvalue weighted by atomic mass is 9.78. The Morgan fingerprint density at radius 2 is 2.00 bits per heavy atom. The SMILES string of the molecule is Cc1ccc(-c2csc3ncn(CC(=O)NC4CCCC(C)C4C)c(=O)c23)cc1. The standard InChI is InChI=1S/C23H27N3O2S/c1-14-7-9-17(10-8-14)18-12-29-22-21(18)23(28)26(13-24-22)11-20(27)25-19-6-4-5-15(2)16(19)3/h7-10,12-13,15-16,19H,4-6,11H2,1-3H3,(H,25,27). The molecule has 1 saturated carbocycles. The van der Waals surface area contributed by atoms with Gasteiger partial charge in [-0.05, 0) is 30.7 Å². The zero-order chi connectivity index (χ0) is 20.5. The van der Waals surface area contributed by atoms with Crippen LogP contribution in [0.25, 0.3) is 21.3 Å². The van der Waals surface area contributed by atoms with Crippen LogP contribution < -0.4 is 10.9 Å². The summed E-state index contributed by atoms with van der Waals surface area (Å²) in [6.07, 6.45) is 4.85. The molecule has 2 heterocycles. The summed E-state index contributed by atoms with van der Waals surface area (Å²) in [6, 6.07) is 8.29. The summed E-state index contributed by atoms with van der Waals surface area (Å²) in [6.45, 7) is 6.49. The molecule has 1 N–H and O–H groups in total. The topological polar surface area (TPSA) is 64.0 Å². The van der Waals surface area contributed by atoms with E-state index < -0.39 is 0 Å². The first kappa shape index (κ1) is 19.8. The van der Waals surface area contributed by atoms with Gasteiger partial charge in [-0.2, -0.15) is 0 Å². The minimum atomic E-state index is -0.160. The number of nitrogens with one attached hydrogen (secondary N) is 1. The summed E-state index contributed by atoms with van der Waals surface area (Å²) in [4.78, 5) is 30.9. The Kier molecular flexibility index (Phi) is 5.54. The number of carbonyl (C=O) groups excluding carboxylic acids is 1. The number of aryl methyl sites for hydroxylation is 1. The van der Waals surface area contributed by atoms with Gasteiger partial charge < -0.3 is 5.32 Å². The van der Waals surface area contributed by atoms with Crippen molar-refractivity contribution in [1.82, 2.24) is 14.9 Å². The second-order valence-electron chi connectivity index (χ2n) is 8.31. The molecule has 0 spiro atoms. The van der Waals surface area contributed by atoms with Crippen LogP contribution in [0.2, 0.25) is 0 Å². The van der Waals surface area contributed by atoms with E-state index in [0.717, 1.165) is 24.0 Å². The molecule has 3 unspecified atom stereocenters. The molecule has 0 saturated heterocycles. The zero-order valence-corrected chi connectivity index (χ0v) is 18.0. The quantitative estimate of drug-likeness (QED) is 0.696. The van der Waals surface area contributed by atoms with Crippen LogP contribution in [-0.4, -0.2) is 21.5 Å². The lowest BCUT2D eigenvalue weighted by Crippen LogP contribution is -2.45. The molecule has 0 aliphatic heterocycles. The largest absolute Gasteiger partial charge is 0.352 e. The highest BCUT2D eigenvalue weighted by Gasteiger charge is 2.28. The highest BCUT2D eigenvalue weighted by molar-refractivity contribution is 7.17. The van der Waals surface area contributed by atoms with E-state index in [4.69, 9.17) is 0 Å². The molecule has 0 bridgehead atoms. The van der Waals surface area contributed by atoms with E-state index in [1.54, 1.807) is 0 Å². The summed E-state index contributed by atoms with van der Waals surface area (Å²) in [5, 5.41) is 5.71. The van der Waals surface area contributed by atoms with Gasteiger partial charge in [-0.1, -0.05) is 56.5 Å². The number of fused-ring (bicyclic) bond motifs is 1. The van der Waals surface area contributed by atoms with E-state index in [1.807, 2.05) is 36.6 Å². The minimum Gasteiger partial charge on any atom is -0.352 e. The van der Waals surface area contributed by atoms with Crippen molar-refractivity contribution in [3.05, 3.63) is 51.9 Å². The summed E-state index contributed by atoms with van der Waals surface area (Å²) in [5.74, 6) is 0.944. The van der Waals surface area contributed by atoms with Gasteiger partial charge in [-0.3, -0.25) is 14.2 Å². The van der Waals surface area contributed by atoms with Crippen LogP contribution in [-0.2, 0) is 11.3 Å². The molecule has 0 radical (unpaired) electrons. The number of carbonyl (C=O) groups is 1. The third kappa shape index (κ3) is 3.99. The summed E-state index contributed by atoms with van der Waals surface area (Å²) in [7, 11) is 0. The van der Waals surface area contributed by atoms with Gasteiger partial charge in [0.25, 0.3) is 5.56 Å². The second kappa shape index (κ2) is 8.11. The second-order valence-corrected chi connectivity index (χ2v) is 9.17. The lowest BCUT2D eigenvalue weighted by molar-refractivity contribution is -0.123. The van der Waals surface area contributed by atoms with Gasteiger partial charge in [0.05, 0.1) is 11.7 Å². The van der Waals surface area contributed by atoms with Crippen molar-refractivity contribution in [2.75, 3.05) is 0 Å². The molecule has 5 nitrogen and oxygen atoms in total. The van der Waals surface area contributed by atoms with Crippen molar-refractivity contribution in [3.63, 3.8) is 0 Å². The van der Waals surface area contributed by atoms with Crippen LogP contribution in [0.3, 0.4) is 0 Å². The van der Waals surface area contributed by atoms with Crippen molar-refractivity contribution < 1.29 is 4.79 Å². The molecule has 2 aromatic heterocycles. The maximum atomic E-state index is 13.1. The van der Waals surface area contributed by atoms with Gasteiger partial charge in [-0.25, -0.2) is 4.98 Å². The fourth-order valence-corrected chi connectivity index (χ4v) is 5.13. The summed E-state index contributed by atoms with van der Waals surface area (Å²) < 4.78 is 1.43. The minimum absolute atomic E-state index is 0.00254. The summed E-state index contributed by atoms with van der Waals surface area (Å²) in [5.41, 5.74) is 2.89. The molecule has 6 heteroatoms. The predicted octanol–water partition coefficient (Wildman–Crippen LogP) is 4.37. The van der Waals surface area contributed by atoms with E-state index in [1.165, 1.54) is 34.2 Å². The number of nitrogens with zero attached hydrogens (tertiary/aromatic N) is 2. The molecule has 3 atom stereocenters. The van der Waals surface area contributed by atoms with Gasteiger partial charge in [0.1, 0.15) is 11.4 Å². The Bertz CT molecular complexity index is 1080. The molecule has 4 rings (SSSR count). The molecular formula is C23H27N3O2S. The Morgan fingerprint density at radius 1 is 1.24 bits per heavy atom. The van der Waals surface area contributed by atoms with Crippen LogP contribution in [0.15, 0.2) is 40.8 Å². The lowest BCUT2D eigenvalue weighted by Gasteiger charge is -2.34. The predicted molar refractivity (Wildman–Crippen MR) is 118 cm³/mol. The maximum absolute atomic E-state index is 13.1. The third-order valence-electron chi connectivity index (χ3n) is 6.29. The molecule has 152 valence electrons. The van der Waals surface area contributed by atoms with E-state index >= 15 is 0 Å². The van der Waals surface area contributed by atoms with Crippen LogP contribution in [0.5, 0.6) is 0 Å². The molecule has 1 fully saturated rings. The van der Waals surface area contributed by atoms with Gasteiger partial charge in [0.2, 0.25) is 5.91 Å². The fraction of sp³-hybridized carbons (Fsp3) is 0.435. The Labute approximate surface area is 174 Å². The number of hydrogen-bond acceptors (Lipinski definition) is 4. The number of rotatable bonds is 4. The van der Waals surface area contributed by atoms with Crippen LogP contribution >= 0.6 is 11.3 Å².